The van der Waals surface area contributed by atoms with Crippen LogP contribution in [-0.2, 0) is 25.4 Å². The molecule has 0 aliphatic heterocycles. The molecule has 1 aliphatic rings. The van der Waals surface area contributed by atoms with Gasteiger partial charge in [0.2, 0.25) is 0 Å². The summed E-state index contributed by atoms with van der Waals surface area (Å²) in [6, 6.07) is 5.32. The molecular weight excluding hydrogens is 372 g/mol. The minimum atomic E-state index is -1.01. The maximum absolute atomic E-state index is 9.41. The van der Waals surface area contributed by atoms with Gasteiger partial charge in [-0.15, -0.1) is 6.42 Å². The first kappa shape index (κ1) is 25.1. The first-order chi connectivity index (χ1) is 11.8. The van der Waals surface area contributed by atoms with Gasteiger partial charge in [-0.1, -0.05) is 40.4 Å². The van der Waals surface area contributed by atoms with Crippen LogP contribution in [0.1, 0.15) is 46.6 Å². The van der Waals surface area contributed by atoms with E-state index in [2.05, 4.69) is 92.5 Å². The van der Waals surface area contributed by atoms with Crippen LogP contribution in [0.15, 0.2) is 35.5 Å². The van der Waals surface area contributed by atoms with Gasteiger partial charge in [-0.05, 0) is 23.1 Å². The third-order valence-electron chi connectivity index (χ3n) is 3.50. The van der Waals surface area contributed by atoms with E-state index in [9.17, 15) is 5.11 Å². The molecule has 0 aromatic heterocycles. The maximum Gasteiger partial charge on any atom is 0.0393 e. The molecular formula is C22H35O2SiTi. The molecule has 0 unspecified atom stereocenters. The van der Waals surface area contributed by atoms with Crippen molar-refractivity contribution in [2.75, 3.05) is 7.11 Å². The van der Waals surface area contributed by atoms with Gasteiger partial charge < -0.3 is 9.84 Å². The fourth-order valence-corrected chi connectivity index (χ4v) is 3.30. The van der Waals surface area contributed by atoms with Crippen molar-refractivity contribution in [3.8, 4) is 11.5 Å². The number of phenols is 1. The monoisotopic (exact) mass is 407 g/mol. The fourth-order valence-electron chi connectivity index (χ4n) is 2.05. The first-order valence-electron chi connectivity index (χ1n) is 8.95. The molecule has 26 heavy (non-hydrogen) atoms. The van der Waals surface area contributed by atoms with Crippen molar-refractivity contribution in [2.24, 2.45) is 0 Å². The van der Waals surface area contributed by atoms with Crippen molar-refractivity contribution in [1.29, 1.82) is 0 Å². The van der Waals surface area contributed by atoms with Crippen LogP contribution in [-0.4, -0.2) is 24.1 Å². The zero-order valence-corrected chi connectivity index (χ0v) is 20.5. The zero-order chi connectivity index (χ0) is 20.5. The third-order valence-corrected chi connectivity index (χ3v) is 5.46. The Morgan fingerprint density at radius 3 is 2.00 bits per heavy atom. The van der Waals surface area contributed by atoms with E-state index in [1.165, 1.54) is 9.01 Å². The van der Waals surface area contributed by atoms with Crippen LogP contribution in [0.25, 0.3) is 0 Å². The summed E-state index contributed by atoms with van der Waals surface area (Å²) in [7, 11) is 0.593. The number of ether oxygens (including phenoxy) is 1. The Morgan fingerprint density at radius 2 is 1.69 bits per heavy atom. The van der Waals surface area contributed by atoms with Crippen LogP contribution in [0, 0.1) is 6.08 Å². The van der Waals surface area contributed by atoms with Gasteiger partial charge in [0.1, 0.15) is 11.5 Å². The number of rotatable bonds is 2. The molecule has 1 aromatic carbocycles. The Balaban J connectivity index is 0.000000416. The Labute approximate surface area is 173 Å². The summed E-state index contributed by atoms with van der Waals surface area (Å²) in [5, 5.41) is 10.9. The molecule has 0 saturated carbocycles. The van der Waals surface area contributed by atoms with Crippen molar-refractivity contribution in [3.05, 3.63) is 47.2 Å². The van der Waals surface area contributed by atoms with Crippen LogP contribution in [0.4, 0.5) is 0 Å². The minimum absolute atomic E-state index is 0.0338. The fraction of sp³-hybridized carbons (Fsp3) is 0.500. The summed E-state index contributed by atoms with van der Waals surface area (Å²) >= 11 is 2.08. The van der Waals surface area contributed by atoms with Crippen molar-refractivity contribution < 1.29 is 29.8 Å². The summed E-state index contributed by atoms with van der Waals surface area (Å²) < 4.78 is 6.49. The zero-order valence-electron chi connectivity index (χ0n) is 17.9. The van der Waals surface area contributed by atoms with E-state index in [1.807, 2.05) is 6.07 Å². The molecule has 0 heterocycles. The van der Waals surface area contributed by atoms with E-state index in [4.69, 9.17) is 4.74 Å². The van der Waals surface area contributed by atoms with E-state index in [0.29, 0.717) is 5.75 Å². The molecule has 0 atom stereocenters. The molecule has 4 heteroatoms. The van der Waals surface area contributed by atoms with E-state index in [0.717, 1.165) is 12.0 Å². The smallest absolute Gasteiger partial charge is 0.0393 e. The molecule has 2 rings (SSSR count). The van der Waals surface area contributed by atoms with Crippen LogP contribution < -0.4 is 4.74 Å². The van der Waals surface area contributed by atoms with Crippen molar-refractivity contribution in [1.82, 2.24) is 0 Å². The molecule has 0 fully saturated rings. The van der Waals surface area contributed by atoms with E-state index >= 15 is 0 Å². The average molecular weight is 407 g/mol. The Bertz CT molecular complexity index is 643. The summed E-state index contributed by atoms with van der Waals surface area (Å²) in [5.74, 6) is 0.953. The molecule has 2 nitrogen and oxygen atoms in total. The van der Waals surface area contributed by atoms with Crippen molar-refractivity contribution >= 4 is 11.9 Å². The number of hydrogen-bond acceptors (Lipinski definition) is 2. The summed E-state index contributed by atoms with van der Waals surface area (Å²) in [6.07, 6.45) is 8.82. The quantitative estimate of drug-likeness (QED) is 0.481. The van der Waals surface area contributed by atoms with Crippen molar-refractivity contribution in [2.45, 2.75) is 66.1 Å². The second-order valence-electron chi connectivity index (χ2n) is 8.62. The number of hydrogen-bond donors (Lipinski definition) is 1. The van der Waals surface area contributed by atoms with E-state index < -0.39 is 8.07 Å². The van der Waals surface area contributed by atoms with Gasteiger partial charge >= 0.3 is 37.6 Å². The predicted molar refractivity (Wildman–Crippen MR) is 114 cm³/mol. The Morgan fingerprint density at radius 1 is 1.15 bits per heavy atom. The predicted octanol–water partition coefficient (Wildman–Crippen LogP) is 6.00. The van der Waals surface area contributed by atoms with Crippen LogP contribution in [0.3, 0.4) is 0 Å². The molecule has 1 N–H and O–H groups in total. The normalized spacial score (nSPS) is 13.1. The molecule has 0 spiro atoms. The molecule has 0 amide bonds. The van der Waals surface area contributed by atoms with Crippen LogP contribution in [0.2, 0.25) is 19.6 Å². The summed E-state index contributed by atoms with van der Waals surface area (Å²) in [6.45, 7) is 17.5. The first-order valence-corrected chi connectivity index (χ1v) is 13.2. The van der Waals surface area contributed by atoms with E-state index in [1.54, 1.807) is 19.2 Å². The number of phenolic OH excluding ortho intramolecular Hbond substituents is 1. The van der Waals surface area contributed by atoms with Gasteiger partial charge in [0.15, 0.2) is 0 Å². The molecule has 0 bridgehead atoms. The van der Waals surface area contributed by atoms with Crippen molar-refractivity contribution in [3.63, 3.8) is 0 Å². The van der Waals surface area contributed by atoms with Crippen LogP contribution in [0.5, 0.6) is 11.5 Å². The molecule has 1 aromatic rings. The number of aromatic hydroxyl groups is 1. The van der Waals surface area contributed by atoms with Gasteiger partial charge in [-0.2, -0.15) is 6.08 Å². The van der Waals surface area contributed by atoms with Crippen LogP contribution >= 0.6 is 0 Å². The molecule has 143 valence electrons. The van der Waals surface area contributed by atoms with E-state index in [-0.39, 0.29) is 11.2 Å². The summed E-state index contributed by atoms with van der Waals surface area (Å²) in [4.78, 5) is 0. The maximum atomic E-state index is 9.41. The minimum Gasteiger partial charge on any atom is -0.274 e. The Hall–Kier alpha value is -0.899. The second-order valence-corrected chi connectivity index (χ2v) is 15.2. The molecule has 1 aliphatic carbocycles. The van der Waals surface area contributed by atoms with Gasteiger partial charge in [-0.3, -0.25) is 6.08 Å². The topological polar surface area (TPSA) is 29.5 Å². The average Bonchev–Trinajstić information content (AvgIpc) is 3.00. The van der Waals surface area contributed by atoms with Gasteiger partial charge in [0, 0.05) is 14.1 Å². The molecule has 0 radical (unpaired) electrons. The number of methoxy groups -OCH3 is 1. The standard InChI is InChI=1S/C11H16O2.C8H13Si.C3H6.Ti/c1-11(2,3)8-5-9(12)7-10(6-8)13-4;1-9(2,3)8-6-4-5-7-8;1-3-2;/h5-7,12H,1-4H3;4,6H,5H2,1-3H3;1-2H3;/q;-1;;+1. The molecule has 0 saturated heterocycles. The summed E-state index contributed by atoms with van der Waals surface area (Å²) in [5.41, 5.74) is 1.11. The Kier molecular flexibility index (Phi) is 10.7. The SMILES string of the molecule is COc1cc(O)cc(C(C)(C)C)c1.C[C](C)=[Ti+].C[Si](C)(C)C1=[C-]CC=C1. The second kappa shape index (κ2) is 11.1. The van der Waals surface area contributed by atoms with Gasteiger partial charge in [-0.25, -0.2) is 11.3 Å². The number of benzene rings is 1. The largest absolute Gasteiger partial charge is 0.274 e. The van der Waals surface area contributed by atoms with Gasteiger partial charge in [0.25, 0.3) is 0 Å². The number of allylic oxidation sites excluding steroid dienone is 4. The van der Waals surface area contributed by atoms with Gasteiger partial charge in [0.05, 0.1) is 7.11 Å². The third kappa shape index (κ3) is 11.0.